The highest BCUT2D eigenvalue weighted by atomic mass is 16.4. The van der Waals surface area contributed by atoms with Crippen molar-refractivity contribution in [2.75, 3.05) is 19.6 Å². The molecule has 2 saturated heterocycles. The Morgan fingerprint density at radius 1 is 1.37 bits per heavy atom. The van der Waals surface area contributed by atoms with E-state index < -0.39 is 11.9 Å². The third-order valence-corrected chi connectivity index (χ3v) is 3.65. The maximum absolute atomic E-state index is 12.0. The molecule has 3 amide bonds. The number of amides is 3. The molecule has 0 aromatic heterocycles. The minimum Gasteiger partial charge on any atom is -0.481 e. The standard InChI is InChI=1S/C12H19N3O4/c16-10-4-3-9(6-13-10)14-12(19)15-5-1-2-8(7-15)11(17)18/h8-9H,1-7H2,(H,13,16)(H,14,19)(H,17,18)/t8-,9?/m0/s1. The molecule has 2 fully saturated rings. The summed E-state index contributed by atoms with van der Waals surface area (Å²) in [6.45, 7) is 1.30. The van der Waals surface area contributed by atoms with Crippen LogP contribution < -0.4 is 10.6 Å². The molecule has 0 saturated carbocycles. The lowest BCUT2D eigenvalue weighted by atomic mass is 9.98. The average Bonchev–Trinajstić information content (AvgIpc) is 2.41. The molecule has 7 nitrogen and oxygen atoms in total. The van der Waals surface area contributed by atoms with Crippen molar-refractivity contribution in [2.45, 2.75) is 31.7 Å². The molecule has 19 heavy (non-hydrogen) atoms. The second-order valence-corrected chi connectivity index (χ2v) is 5.11. The largest absolute Gasteiger partial charge is 0.481 e. The van der Waals surface area contributed by atoms with E-state index in [1.54, 1.807) is 4.90 Å². The molecule has 0 spiro atoms. The zero-order valence-electron chi connectivity index (χ0n) is 10.7. The fraction of sp³-hybridized carbons (Fsp3) is 0.750. The Bertz CT molecular complexity index is 375. The van der Waals surface area contributed by atoms with Crippen LogP contribution in [0.5, 0.6) is 0 Å². The van der Waals surface area contributed by atoms with Gasteiger partial charge in [-0.3, -0.25) is 9.59 Å². The van der Waals surface area contributed by atoms with E-state index >= 15 is 0 Å². The number of hydrogen-bond donors (Lipinski definition) is 3. The summed E-state index contributed by atoms with van der Waals surface area (Å²) in [5.74, 6) is -1.30. The summed E-state index contributed by atoms with van der Waals surface area (Å²) in [5.41, 5.74) is 0. The molecule has 2 aliphatic rings. The van der Waals surface area contributed by atoms with Gasteiger partial charge in [-0.1, -0.05) is 0 Å². The van der Waals surface area contributed by atoms with Crippen molar-refractivity contribution in [3.63, 3.8) is 0 Å². The Kier molecular flexibility index (Phi) is 4.24. The number of carbonyl (C=O) groups excluding carboxylic acids is 2. The van der Waals surface area contributed by atoms with Crippen molar-refractivity contribution in [1.29, 1.82) is 0 Å². The fourth-order valence-corrected chi connectivity index (χ4v) is 2.49. The fourth-order valence-electron chi connectivity index (χ4n) is 2.49. The number of hydrogen-bond acceptors (Lipinski definition) is 3. The van der Waals surface area contributed by atoms with E-state index in [9.17, 15) is 14.4 Å². The number of nitrogens with zero attached hydrogens (tertiary/aromatic N) is 1. The van der Waals surface area contributed by atoms with Gasteiger partial charge in [0.25, 0.3) is 0 Å². The number of carboxylic acid groups (broad SMARTS) is 1. The molecule has 7 heteroatoms. The summed E-state index contributed by atoms with van der Waals surface area (Å²) in [5, 5.41) is 14.5. The maximum atomic E-state index is 12.0. The Labute approximate surface area is 111 Å². The lowest BCUT2D eigenvalue weighted by molar-refractivity contribution is -0.143. The molecular formula is C12H19N3O4. The number of carbonyl (C=O) groups is 3. The van der Waals surface area contributed by atoms with E-state index in [1.165, 1.54) is 0 Å². The number of piperidine rings is 2. The van der Waals surface area contributed by atoms with Gasteiger partial charge < -0.3 is 20.6 Å². The molecule has 3 N–H and O–H groups in total. The van der Waals surface area contributed by atoms with Gasteiger partial charge in [0, 0.05) is 32.1 Å². The minimum atomic E-state index is -0.845. The summed E-state index contributed by atoms with van der Waals surface area (Å²) >= 11 is 0. The summed E-state index contributed by atoms with van der Waals surface area (Å²) in [4.78, 5) is 35.5. The van der Waals surface area contributed by atoms with Crippen molar-refractivity contribution in [3.05, 3.63) is 0 Å². The van der Waals surface area contributed by atoms with Gasteiger partial charge in [0.15, 0.2) is 0 Å². The lowest BCUT2D eigenvalue weighted by Gasteiger charge is -2.33. The first-order valence-corrected chi connectivity index (χ1v) is 6.61. The average molecular weight is 269 g/mol. The first-order valence-electron chi connectivity index (χ1n) is 6.61. The maximum Gasteiger partial charge on any atom is 0.317 e. The van der Waals surface area contributed by atoms with E-state index in [0.717, 1.165) is 0 Å². The molecule has 2 rings (SSSR count). The van der Waals surface area contributed by atoms with Gasteiger partial charge in [-0.05, 0) is 19.3 Å². The smallest absolute Gasteiger partial charge is 0.317 e. The second-order valence-electron chi connectivity index (χ2n) is 5.11. The number of nitrogens with one attached hydrogen (secondary N) is 2. The third kappa shape index (κ3) is 3.59. The number of aliphatic carboxylic acids is 1. The Balaban J connectivity index is 1.82. The van der Waals surface area contributed by atoms with Gasteiger partial charge in [0.2, 0.25) is 5.91 Å². The Morgan fingerprint density at radius 3 is 2.79 bits per heavy atom. The molecule has 0 bridgehead atoms. The first-order chi connectivity index (χ1) is 9.06. The molecule has 2 atom stereocenters. The summed E-state index contributed by atoms with van der Waals surface area (Å²) in [6.07, 6.45) is 2.39. The van der Waals surface area contributed by atoms with E-state index in [2.05, 4.69) is 10.6 Å². The monoisotopic (exact) mass is 269 g/mol. The van der Waals surface area contributed by atoms with Crippen molar-refractivity contribution in [2.24, 2.45) is 5.92 Å². The first kappa shape index (κ1) is 13.6. The van der Waals surface area contributed by atoms with Gasteiger partial charge in [0.05, 0.1) is 5.92 Å². The van der Waals surface area contributed by atoms with Crippen molar-refractivity contribution in [3.8, 4) is 0 Å². The van der Waals surface area contributed by atoms with Gasteiger partial charge >= 0.3 is 12.0 Å². The van der Waals surface area contributed by atoms with Crippen LogP contribution in [-0.2, 0) is 9.59 Å². The Hall–Kier alpha value is -1.79. The predicted molar refractivity (Wildman–Crippen MR) is 66.5 cm³/mol. The van der Waals surface area contributed by atoms with Crippen LogP contribution in [0.3, 0.4) is 0 Å². The molecule has 1 unspecified atom stereocenters. The molecular weight excluding hydrogens is 250 g/mol. The SMILES string of the molecule is O=C1CCC(NC(=O)N2CCC[C@H](C(=O)O)C2)CN1. The van der Waals surface area contributed by atoms with Gasteiger partial charge in [-0.15, -0.1) is 0 Å². The number of urea groups is 1. The molecule has 106 valence electrons. The highest BCUT2D eigenvalue weighted by Crippen LogP contribution is 2.17. The highest BCUT2D eigenvalue weighted by Gasteiger charge is 2.29. The van der Waals surface area contributed by atoms with Gasteiger partial charge in [0.1, 0.15) is 0 Å². The van der Waals surface area contributed by atoms with E-state index in [4.69, 9.17) is 5.11 Å². The molecule has 0 aliphatic carbocycles. The molecule has 0 radical (unpaired) electrons. The lowest BCUT2D eigenvalue weighted by Crippen LogP contribution is -2.53. The highest BCUT2D eigenvalue weighted by molar-refractivity contribution is 5.79. The van der Waals surface area contributed by atoms with Gasteiger partial charge in [-0.2, -0.15) is 0 Å². The van der Waals surface area contributed by atoms with Gasteiger partial charge in [-0.25, -0.2) is 4.79 Å². The van der Waals surface area contributed by atoms with Crippen LogP contribution in [0, 0.1) is 5.92 Å². The number of rotatable bonds is 2. The van der Waals surface area contributed by atoms with Crippen LogP contribution in [0.2, 0.25) is 0 Å². The van der Waals surface area contributed by atoms with E-state index in [0.29, 0.717) is 38.8 Å². The predicted octanol–water partition coefficient (Wildman–Crippen LogP) is -0.229. The summed E-state index contributed by atoms with van der Waals surface area (Å²) < 4.78 is 0. The number of carboxylic acids is 1. The molecule has 0 aromatic carbocycles. The van der Waals surface area contributed by atoms with Crippen LogP contribution in [0.4, 0.5) is 4.79 Å². The van der Waals surface area contributed by atoms with Crippen molar-refractivity contribution in [1.82, 2.24) is 15.5 Å². The zero-order chi connectivity index (χ0) is 13.8. The normalized spacial score (nSPS) is 27.6. The van der Waals surface area contributed by atoms with E-state index in [-0.39, 0.29) is 24.5 Å². The van der Waals surface area contributed by atoms with Crippen LogP contribution in [-0.4, -0.2) is 53.6 Å². The molecule has 2 aliphatic heterocycles. The second kappa shape index (κ2) is 5.90. The third-order valence-electron chi connectivity index (χ3n) is 3.65. The van der Waals surface area contributed by atoms with Crippen molar-refractivity contribution < 1.29 is 19.5 Å². The number of likely N-dealkylation sites (tertiary alicyclic amines) is 1. The molecule has 2 heterocycles. The van der Waals surface area contributed by atoms with Crippen LogP contribution in [0.15, 0.2) is 0 Å². The quantitative estimate of drug-likeness (QED) is 0.645. The summed E-state index contributed by atoms with van der Waals surface area (Å²) in [6, 6.07) is -0.289. The van der Waals surface area contributed by atoms with Crippen LogP contribution in [0.1, 0.15) is 25.7 Å². The van der Waals surface area contributed by atoms with E-state index in [1.807, 2.05) is 0 Å². The minimum absolute atomic E-state index is 0.00872. The zero-order valence-corrected chi connectivity index (χ0v) is 10.7. The van der Waals surface area contributed by atoms with Crippen LogP contribution in [0.25, 0.3) is 0 Å². The Morgan fingerprint density at radius 2 is 2.16 bits per heavy atom. The topological polar surface area (TPSA) is 98.7 Å². The summed E-state index contributed by atoms with van der Waals surface area (Å²) in [7, 11) is 0. The van der Waals surface area contributed by atoms with Crippen LogP contribution >= 0.6 is 0 Å². The van der Waals surface area contributed by atoms with Crippen molar-refractivity contribution >= 4 is 17.9 Å². The molecule has 0 aromatic rings.